The highest BCUT2D eigenvalue weighted by molar-refractivity contribution is 5.89. The second-order valence-electron chi connectivity index (χ2n) is 6.12. The molecule has 2 amide bonds. The van der Waals surface area contributed by atoms with Crippen LogP contribution in [0, 0.1) is 6.92 Å². The molecule has 0 unspecified atom stereocenters. The summed E-state index contributed by atoms with van der Waals surface area (Å²) in [6, 6.07) is 15.3. The minimum Gasteiger partial charge on any atom is -0.489 e. The Morgan fingerprint density at radius 1 is 1.29 bits per heavy atom. The molecular weight excluding hydrogens is 304 g/mol. The number of ether oxygens (including phenoxy) is 1. The van der Waals surface area contributed by atoms with E-state index in [1.165, 1.54) is 5.56 Å². The van der Waals surface area contributed by atoms with Crippen LogP contribution in [0.1, 0.15) is 17.5 Å². The number of anilines is 1. The average Bonchev–Trinajstić information content (AvgIpc) is 3.00. The van der Waals surface area contributed by atoms with Crippen LogP contribution in [0.15, 0.2) is 48.5 Å². The molecule has 0 aromatic heterocycles. The number of rotatable bonds is 4. The van der Waals surface area contributed by atoms with E-state index in [-0.39, 0.29) is 6.03 Å². The van der Waals surface area contributed by atoms with Crippen molar-refractivity contribution in [1.82, 2.24) is 4.90 Å². The van der Waals surface area contributed by atoms with E-state index >= 15 is 0 Å². The maximum atomic E-state index is 12.2. The molecule has 0 saturated carbocycles. The number of aliphatic hydroxyl groups is 1. The zero-order chi connectivity index (χ0) is 16.9. The lowest BCUT2D eigenvalue weighted by molar-refractivity contribution is 0.176. The third-order valence-electron chi connectivity index (χ3n) is 4.02. The van der Waals surface area contributed by atoms with Crippen molar-refractivity contribution in [2.24, 2.45) is 0 Å². The number of likely N-dealkylation sites (tertiary alicyclic amines) is 1. The third kappa shape index (κ3) is 4.26. The zero-order valence-corrected chi connectivity index (χ0v) is 13.7. The first-order valence-corrected chi connectivity index (χ1v) is 8.12. The van der Waals surface area contributed by atoms with Gasteiger partial charge in [0.15, 0.2) is 0 Å². The first-order valence-electron chi connectivity index (χ1n) is 8.12. The zero-order valence-electron chi connectivity index (χ0n) is 13.7. The van der Waals surface area contributed by atoms with Crippen LogP contribution in [0.2, 0.25) is 0 Å². The summed E-state index contributed by atoms with van der Waals surface area (Å²) in [5, 5.41) is 12.4. The van der Waals surface area contributed by atoms with Gasteiger partial charge in [0.25, 0.3) is 0 Å². The highest BCUT2D eigenvalue weighted by Crippen LogP contribution is 2.20. The number of amides is 2. The summed E-state index contributed by atoms with van der Waals surface area (Å²) in [6.07, 6.45) is 0.215. The standard InChI is InChI=1S/C19H22N2O3/c1-14-4-2-5-15(10-14)13-24-18-7-3-6-16(11-18)20-19(23)21-9-8-17(22)12-21/h2-7,10-11,17,22H,8-9,12-13H2,1H3,(H,20,23)/t17-/m0/s1. The molecule has 1 heterocycles. The fourth-order valence-electron chi connectivity index (χ4n) is 2.76. The van der Waals surface area contributed by atoms with E-state index in [4.69, 9.17) is 4.74 Å². The molecule has 2 N–H and O–H groups in total. The summed E-state index contributed by atoms with van der Waals surface area (Å²) in [7, 11) is 0. The Hall–Kier alpha value is -2.53. The van der Waals surface area contributed by atoms with Crippen molar-refractivity contribution >= 4 is 11.7 Å². The molecule has 3 rings (SSSR count). The van der Waals surface area contributed by atoms with Gasteiger partial charge < -0.3 is 20.1 Å². The molecule has 0 aliphatic carbocycles. The number of hydrogen-bond donors (Lipinski definition) is 2. The van der Waals surface area contributed by atoms with Gasteiger partial charge in [0, 0.05) is 24.8 Å². The molecule has 24 heavy (non-hydrogen) atoms. The van der Waals surface area contributed by atoms with Gasteiger partial charge in [0.05, 0.1) is 6.10 Å². The minimum absolute atomic E-state index is 0.192. The first-order chi connectivity index (χ1) is 11.6. The van der Waals surface area contributed by atoms with E-state index in [0.29, 0.717) is 37.6 Å². The normalized spacial score (nSPS) is 16.9. The van der Waals surface area contributed by atoms with Crippen molar-refractivity contribution in [3.05, 3.63) is 59.7 Å². The molecule has 1 aliphatic rings. The molecule has 0 spiro atoms. The van der Waals surface area contributed by atoms with Crippen LogP contribution >= 0.6 is 0 Å². The van der Waals surface area contributed by atoms with Crippen molar-refractivity contribution in [3.63, 3.8) is 0 Å². The van der Waals surface area contributed by atoms with Crippen LogP contribution in [-0.2, 0) is 6.61 Å². The monoisotopic (exact) mass is 326 g/mol. The Bertz CT molecular complexity index is 717. The van der Waals surface area contributed by atoms with Gasteiger partial charge in [-0.15, -0.1) is 0 Å². The van der Waals surface area contributed by atoms with Gasteiger partial charge in [-0.3, -0.25) is 0 Å². The van der Waals surface area contributed by atoms with Gasteiger partial charge in [-0.1, -0.05) is 35.9 Å². The summed E-state index contributed by atoms with van der Waals surface area (Å²) < 4.78 is 5.81. The van der Waals surface area contributed by atoms with E-state index in [1.807, 2.05) is 30.3 Å². The Balaban J connectivity index is 1.58. The van der Waals surface area contributed by atoms with Crippen LogP contribution in [0.5, 0.6) is 5.75 Å². The summed E-state index contributed by atoms with van der Waals surface area (Å²) in [5.74, 6) is 0.704. The summed E-state index contributed by atoms with van der Waals surface area (Å²) in [5.41, 5.74) is 2.99. The topological polar surface area (TPSA) is 61.8 Å². The summed E-state index contributed by atoms with van der Waals surface area (Å²) in [4.78, 5) is 13.8. The first kappa shape index (κ1) is 16.3. The second kappa shape index (κ2) is 7.36. The highest BCUT2D eigenvalue weighted by atomic mass is 16.5. The molecule has 2 aromatic rings. The van der Waals surface area contributed by atoms with Gasteiger partial charge >= 0.3 is 6.03 Å². The van der Waals surface area contributed by atoms with Crippen molar-refractivity contribution in [1.29, 1.82) is 0 Å². The maximum absolute atomic E-state index is 12.2. The van der Waals surface area contributed by atoms with E-state index in [9.17, 15) is 9.90 Å². The Morgan fingerprint density at radius 3 is 2.88 bits per heavy atom. The lowest BCUT2D eigenvalue weighted by Crippen LogP contribution is -2.33. The average molecular weight is 326 g/mol. The number of aryl methyl sites for hydroxylation is 1. The molecule has 1 aliphatic heterocycles. The molecular formula is C19H22N2O3. The number of aliphatic hydroxyl groups excluding tert-OH is 1. The Labute approximate surface area is 141 Å². The Kier molecular flexibility index (Phi) is 5.01. The van der Waals surface area contributed by atoms with Crippen molar-refractivity contribution in [3.8, 4) is 5.75 Å². The molecule has 1 saturated heterocycles. The molecule has 0 radical (unpaired) electrons. The fourth-order valence-corrected chi connectivity index (χ4v) is 2.76. The molecule has 2 aromatic carbocycles. The van der Waals surface area contributed by atoms with Crippen LogP contribution in [0.4, 0.5) is 10.5 Å². The highest BCUT2D eigenvalue weighted by Gasteiger charge is 2.24. The van der Waals surface area contributed by atoms with Gasteiger partial charge in [0.2, 0.25) is 0 Å². The van der Waals surface area contributed by atoms with Gasteiger partial charge in [-0.25, -0.2) is 4.79 Å². The van der Waals surface area contributed by atoms with Crippen molar-refractivity contribution < 1.29 is 14.6 Å². The largest absolute Gasteiger partial charge is 0.489 e. The van der Waals surface area contributed by atoms with Crippen LogP contribution in [-0.4, -0.2) is 35.2 Å². The number of hydrogen-bond acceptors (Lipinski definition) is 3. The quantitative estimate of drug-likeness (QED) is 0.907. The van der Waals surface area contributed by atoms with E-state index in [1.54, 1.807) is 11.0 Å². The lowest BCUT2D eigenvalue weighted by atomic mass is 10.1. The summed E-state index contributed by atoms with van der Waals surface area (Å²) >= 11 is 0. The molecule has 5 heteroatoms. The number of nitrogens with zero attached hydrogens (tertiary/aromatic N) is 1. The molecule has 1 atom stereocenters. The number of β-amino-alcohol motifs (C(OH)–C–C–N with tert-alkyl or cyclic N) is 1. The summed E-state index contributed by atoms with van der Waals surface area (Å²) in [6.45, 7) is 3.50. The van der Waals surface area contributed by atoms with E-state index in [2.05, 4.69) is 24.4 Å². The number of urea groups is 1. The predicted octanol–water partition coefficient (Wildman–Crippen LogP) is 3.17. The van der Waals surface area contributed by atoms with E-state index < -0.39 is 6.10 Å². The molecule has 1 fully saturated rings. The molecule has 5 nitrogen and oxygen atoms in total. The van der Waals surface area contributed by atoms with Crippen LogP contribution in [0.25, 0.3) is 0 Å². The second-order valence-corrected chi connectivity index (χ2v) is 6.12. The smallest absolute Gasteiger partial charge is 0.321 e. The van der Waals surface area contributed by atoms with Gasteiger partial charge in [0.1, 0.15) is 12.4 Å². The number of carbonyl (C=O) groups is 1. The van der Waals surface area contributed by atoms with Gasteiger partial charge in [-0.05, 0) is 31.0 Å². The van der Waals surface area contributed by atoms with Crippen molar-refractivity contribution in [2.75, 3.05) is 18.4 Å². The number of carbonyl (C=O) groups excluding carboxylic acids is 1. The Morgan fingerprint density at radius 2 is 2.12 bits per heavy atom. The molecule has 0 bridgehead atoms. The maximum Gasteiger partial charge on any atom is 0.321 e. The lowest BCUT2D eigenvalue weighted by Gasteiger charge is -2.17. The minimum atomic E-state index is -0.417. The van der Waals surface area contributed by atoms with Crippen molar-refractivity contribution in [2.45, 2.75) is 26.1 Å². The number of nitrogens with one attached hydrogen (secondary N) is 1. The SMILES string of the molecule is Cc1cccc(COc2cccc(NC(=O)N3CC[C@H](O)C3)c2)c1. The van der Waals surface area contributed by atoms with Crippen LogP contribution < -0.4 is 10.1 Å². The molecule has 126 valence electrons. The number of benzene rings is 2. The van der Waals surface area contributed by atoms with Gasteiger partial charge in [-0.2, -0.15) is 0 Å². The predicted molar refractivity (Wildman–Crippen MR) is 93.2 cm³/mol. The third-order valence-corrected chi connectivity index (χ3v) is 4.02. The van der Waals surface area contributed by atoms with Crippen LogP contribution in [0.3, 0.4) is 0 Å². The fraction of sp³-hybridized carbons (Fsp3) is 0.316. The van der Waals surface area contributed by atoms with E-state index in [0.717, 1.165) is 5.56 Å².